The molecule has 0 aliphatic heterocycles. The highest BCUT2D eigenvalue weighted by atomic mass is 32.2. The number of rotatable bonds is 12. The third-order valence-corrected chi connectivity index (χ3v) is 12.5. The van der Waals surface area contributed by atoms with E-state index in [1.165, 1.54) is 65.2 Å². The summed E-state index contributed by atoms with van der Waals surface area (Å²) in [6, 6.07) is 23.1. The maximum absolute atomic E-state index is 13.4. The Kier molecular flexibility index (Phi) is 15.0. The van der Waals surface area contributed by atoms with Crippen LogP contribution < -0.4 is 0 Å². The third kappa shape index (κ3) is 11.9. The number of ether oxygens (including phenoxy) is 2. The Hall–Kier alpha value is -6.63. The summed E-state index contributed by atoms with van der Waals surface area (Å²) < 4.78 is 66.6. The van der Waals surface area contributed by atoms with Crippen molar-refractivity contribution in [3.05, 3.63) is 144 Å². The van der Waals surface area contributed by atoms with Crippen LogP contribution in [-0.4, -0.2) is 93.4 Å². The van der Waals surface area contributed by atoms with Gasteiger partial charge in [0.25, 0.3) is 20.0 Å². The maximum atomic E-state index is 13.4. The number of carbonyl (C=O) groups is 3. The SMILES string of the molecule is CN(Cc1cc(-c2ccccc2C=O)n(S(=O)(=O)c2cccnc2)c1)C(=O)OC(C)(C)C.CN(Cc1cc(-c2ccccc2CO)n(S(=O)(=O)c2cccnc2)c1)C(=O)OC(C)(C)C. The highest BCUT2D eigenvalue weighted by Gasteiger charge is 2.27. The molecule has 338 valence electrons. The molecule has 0 fully saturated rings. The van der Waals surface area contributed by atoms with Gasteiger partial charge in [0.15, 0.2) is 6.29 Å². The molecule has 64 heavy (non-hydrogen) atoms. The molecule has 2 amide bonds. The van der Waals surface area contributed by atoms with Gasteiger partial charge in [-0.1, -0.05) is 48.5 Å². The minimum atomic E-state index is -4.00. The third-order valence-electron chi connectivity index (χ3n) is 9.14. The van der Waals surface area contributed by atoms with Crippen molar-refractivity contribution >= 4 is 38.5 Å². The van der Waals surface area contributed by atoms with E-state index in [9.17, 15) is 36.3 Å². The Labute approximate surface area is 373 Å². The van der Waals surface area contributed by atoms with E-state index < -0.39 is 43.4 Å². The van der Waals surface area contributed by atoms with Gasteiger partial charge in [0.1, 0.15) is 21.0 Å². The predicted molar refractivity (Wildman–Crippen MR) is 240 cm³/mol. The summed E-state index contributed by atoms with van der Waals surface area (Å²) in [5.74, 6) is 0. The fraction of sp³-hybridized carbons (Fsp3) is 0.283. The average Bonchev–Trinajstić information content (AvgIpc) is 3.88. The van der Waals surface area contributed by atoms with Crippen molar-refractivity contribution in [2.45, 2.75) is 82.2 Å². The van der Waals surface area contributed by atoms with Gasteiger partial charge in [-0.05, 0) is 94.6 Å². The van der Waals surface area contributed by atoms with E-state index >= 15 is 0 Å². The molecule has 2 aromatic carbocycles. The number of hydrogen-bond donors (Lipinski definition) is 1. The van der Waals surface area contributed by atoms with Crippen molar-refractivity contribution in [3.63, 3.8) is 0 Å². The van der Waals surface area contributed by atoms with Gasteiger partial charge >= 0.3 is 12.2 Å². The summed E-state index contributed by atoms with van der Waals surface area (Å²) in [5, 5.41) is 9.79. The van der Waals surface area contributed by atoms with Crippen LogP contribution in [0.3, 0.4) is 0 Å². The fourth-order valence-corrected chi connectivity index (χ4v) is 8.99. The van der Waals surface area contributed by atoms with Gasteiger partial charge in [-0.3, -0.25) is 14.8 Å². The molecule has 0 bridgehead atoms. The summed E-state index contributed by atoms with van der Waals surface area (Å²) in [6.07, 6.45) is 8.08. The van der Waals surface area contributed by atoms with Gasteiger partial charge < -0.3 is 24.4 Å². The van der Waals surface area contributed by atoms with Gasteiger partial charge in [0.2, 0.25) is 0 Å². The lowest BCUT2D eigenvalue weighted by Gasteiger charge is -2.24. The molecule has 0 saturated carbocycles. The van der Waals surface area contributed by atoms with Gasteiger partial charge in [0.05, 0.1) is 31.1 Å². The van der Waals surface area contributed by atoms with Crippen molar-refractivity contribution in [2.24, 2.45) is 0 Å². The van der Waals surface area contributed by atoms with Gasteiger partial charge in [0, 0.05) is 68.0 Å². The van der Waals surface area contributed by atoms with Gasteiger partial charge in [-0.15, -0.1) is 0 Å². The largest absolute Gasteiger partial charge is 0.444 e. The topological polar surface area (TPSA) is 200 Å². The highest BCUT2D eigenvalue weighted by molar-refractivity contribution is 7.90. The first-order valence-electron chi connectivity index (χ1n) is 19.9. The average molecular weight is 913 g/mol. The molecular weight excluding hydrogens is 861 g/mol. The van der Waals surface area contributed by atoms with Crippen LogP contribution in [0.5, 0.6) is 0 Å². The number of carbonyl (C=O) groups excluding carboxylic acids is 3. The quantitative estimate of drug-likeness (QED) is 0.118. The molecule has 0 saturated heterocycles. The zero-order valence-corrected chi connectivity index (χ0v) is 38.5. The molecule has 6 aromatic rings. The molecule has 1 N–H and O–H groups in total. The molecular formula is C46H52N6O10S2. The van der Waals surface area contributed by atoms with E-state index in [4.69, 9.17) is 9.47 Å². The van der Waals surface area contributed by atoms with Crippen LogP contribution in [0.4, 0.5) is 9.59 Å². The van der Waals surface area contributed by atoms with Crippen molar-refractivity contribution in [3.8, 4) is 22.5 Å². The van der Waals surface area contributed by atoms with E-state index in [0.29, 0.717) is 51.1 Å². The first-order valence-corrected chi connectivity index (χ1v) is 22.8. The summed E-state index contributed by atoms with van der Waals surface area (Å²) in [5.41, 5.74) is 2.50. The monoisotopic (exact) mass is 912 g/mol. The molecule has 4 heterocycles. The van der Waals surface area contributed by atoms with Crippen LogP contribution in [0, 0.1) is 0 Å². The first-order chi connectivity index (χ1) is 30.1. The minimum Gasteiger partial charge on any atom is -0.444 e. The minimum absolute atomic E-state index is 0.00693. The molecule has 0 aliphatic rings. The van der Waals surface area contributed by atoms with Gasteiger partial charge in [-0.25, -0.2) is 34.4 Å². The van der Waals surface area contributed by atoms with Crippen molar-refractivity contribution in [2.75, 3.05) is 14.1 Å². The molecule has 0 aliphatic carbocycles. The van der Waals surface area contributed by atoms with Gasteiger partial charge in [-0.2, -0.15) is 0 Å². The van der Waals surface area contributed by atoms with Crippen LogP contribution in [0.2, 0.25) is 0 Å². The predicted octanol–water partition coefficient (Wildman–Crippen LogP) is 7.61. The number of hydrogen-bond acceptors (Lipinski definition) is 12. The number of benzene rings is 2. The van der Waals surface area contributed by atoms with Crippen LogP contribution >= 0.6 is 0 Å². The fourth-order valence-electron chi connectivity index (χ4n) is 6.28. The number of aromatic nitrogens is 4. The molecule has 4 aromatic heterocycles. The standard InChI is InChI=1S/C23H27N3O5S.C23H25N3O5S/c2*1-23(2,3)31-22(28)25(4)14-17-12-21(20-10-6-5-8-18(20)16-27)26(15-17)32(29,30)19-9-7-11-24-13-19/h5-13,15,27H,14,16H2,1-4H3;5-13,15-16H,14H2,1-4H3. The van der Waals surface area contributed by atoms with Crippen LogP contribution in [0.1, 0.15) is 68.6 Å². The second kappa shape index (κ2) is 19.8. The zero-order chi connectivity index (χ0) is 47.0. The second-order valence-electron chi connectivity index (χ2n) is 16.6. The highest BCUT2D eigenvalue weighted by Crippen LogP contribution is 2.32. The Morgan fingerprint density at radius 1 is 0.656 bits per heavy atom. The van der Waals surface area contributed by atoms with E-state index in [0.717, 1.165) is 7.94 Å². The Morgan fingerprint density at radius 2 is 1.08 bits per heavy atom. The summed E-state index contributed by atoms with van der Waals surface area (Å²) in [4.78, 5) is 47.0. The van der Waals surface area contributed by atoms with E-state index in [1.54, 1.807) is 122 Å². The molecule has 0 spiro atoms. The Bertz CT molecular complexity index is 2810. The smallest absolute Gasteiger partial charge is 0.410 e. The summed E-state index contributed by atoms with van der Waals surface area (Å²) >= 11 is 0. The zero-order valence-electron chi connectivity index (χ0n) is 36.9. The van der Waals surface area contributed by atoms with Crippen molar-refractivity contribution in [1.82, 2.24) is 27.7 Å². The first kappa shape index (κ1) is 48.4. The lowest BCUT2D eigenvalue weighted by molar-refractivity contribution is 0.0275. The van der Waals surface area contributed by atoms with E-state index in [-0.39, 0.29) is 29.5 Å². The van der Waals surface area contributed by atoms with Crippen molar-refractivity contribution < 1.29 is 45.8 Å². The van der Waals surface area contributed by atoms with E-state index in [1.807, 2.05) is 0 Å². The Balaban J connectivity index is 0.000000241. The molecule has 6 rings (SSSR count). The van der Waals surface area contributed by atoms with Crippen molar-refractivity contribution in [1.29, 1.82) is 0 Å². The molecule has 16 nitrogen and oxygen atoms in total. The number of aldehydes is 1. The number of aliphatic hydroxyl groups is 1. The number of pyridine rings is 2. The number of aliphatic hydroxyl groups excluding tert-OH is 1. The summed E-state index contributed by atoms with van der Waals surface area (Å²) in [6.45, 7) is 10.6. The lowest BCUT2D eigenvalue weighted by Crippen LogP contribution is -2.33. The second-order valence-corrected chi connectivity index (χ2v) is 20.3. The number of amides is 2. The van der Waals surface area contributed by atoms with Crippen LogP contribution in [0.25, 0.3) is 22.5 Å². The molecule has 0 unspecified atom stereocenters. The molecule has 18 heteroatoms. The maximum Gasteiger partial charge on any atom is 0.410 e. The van der Waals surface area contributed by atoms with Crippen LogP contribution in [0.15, 0.2) is 132 Å². The molecule has 0 atom stereocenters. The Morgan fingerprint density at radius 3 is 1.48 bits per heavy atom. The normalized spacial score (nSPS) is 11.8. The number of nitrogens with zero attached hydrogens (tertiary/aromatic N) is 6. The summed E-state index contributed by atoms with van der Waals surface area (Å²) in [7, 11) is -4.82. The lowest BCUT2D eigenvalue weighted by atomic mass is 10.1. The van der Waals surface area contributed by atoms with E-state index in [2.05, 4.69) is 9.97 Å². The molecule has 0 radical (unpaired) electrons. The van der Waals surface area contributed by atoms with Crippen LogP contribution in [-0.2, 0) is 49.2 Å².